The van der Waals surface area contributed by atoms with Gasteiger partial charge in [-0.15, -0.1) is 0 Å². The normalized spacial score (nSPS) is 21.5. The highest BCUT2D eigenvalue weighted by Crippen LogP contribution is 2.38. The van der Waals surface area contributed by atoms with E-state index >= 15 is 0 Å². The highest BCUT2D eigenvalue weighted by molar-refractivity contribution is 5.78. The predicted molar refractivity (Wildman–Crippen MR) is 116 cm³/mol. The van der Waals surface area contributed by atoms with Gasteiger partial charge in [-0.3, -0.25) is 9.59 Å². The first-order chi connectivity index (χ1) is 15.2. The van der Waals surface area contributed by atoms with E-state index in [4.69, 9.17) is 4.74 Å². The second-order valence-corrected chi connectivity index (χ2v) is 8.90. The molecule has 164 valence electrons. The standard InChI is InChI=1S/C24H30N4O3/c29-21-15-27-16-26-20-10-12-28(22(30)9-8-17-4-1-5-17)23(24(20)27)18-6-2-7-19(14-18)31-13-3-11-25-21/h2,6-7,14,16-17,23H,1,3-5,8-13,15H2,(H,25,29). The Morgan fingerprint density at radius 1 is 1.26 bits per heavy atom. The molecule has 1 N–H and O–H groups in total. The number of carbonyl (C=O) groups excluding carboxylic acids is 2. The molecule has 2 aliphatic heterocycles. The summed E-state index contributed by atoms with van der Waals surface area (Å²) in [5.74, 6) is 1.65. The molecule has 2 bridgehead atoms. The van der Waals surface area contributed by atoms with Gasteiger partial charge in [0.2, 0.25) is 11.8 Å². The zero-order valence-corrected chi connectivity index (χ0v) is 17.9. The maximum absolute atomic E-state index is 13.4. The molecule has 7 nitrogen and oxygen atoms in total. The van der Waals surface area contributed by atoms with Crippen LogP contribution in [-0.2, 0) is 22.6 Å². The molecule has 1 fully saturated rings. The number of hydrogen-bond acceptors (Lipinski definition) is 4. The third kappa shape index (κ3) is 4.18. The smallest absolute Gasteiger partial charge is 0.239 e. The van der Waals surface area contributed by atoms with Crippen molar-refractivity contribution in [3.8, 4) is 5.75 Å². The van der Waals surface area contributed by atoms with Crippen molar-refractivity contribution in [2.24, 2.45) is 5.92 Å². The lowest BCUT2D eigenvalue weighted by molar-refractivity contribution is -0.133. The van der Waals surface area contributed by atoms with Gasteiger partial charge < -0.3 is 19.5 Å². The molecule has 7 heteroatoms. The topological polar surface area (TPSA) is 76.5 Å². The van der Waals surface area contributed by atoms with E-state index in [9.17, 15) is 9.59 Å². The van der Waals surface area contributed by atoms with Crippen molar-refractivity contribution >= 4 is 11.8 Å². The molecule has 5 rings (SSSR count). The molecule has 0 radical (unpaired) electrons. The molecular formula is C24H30N4O3. The molecule has 2 amide bonds. The Bertz CT molecular complexity index is 965. The third-order valence-corrected chi connectivity index (χ3v) is 6.83. The fourth-order valence-corrected chi connectivity index (χ4v) is 4.90. The van der Waals surface area contributed by atoms with E-state index in [1.54, 1.807) is 6.33 Å². The van der Waals surface area contributed by atoms with E-state index < -0.39 is 0 Å². The fourth-order valence-electron chi connectivity index (χ4n) is 4.90. The second kappa shape index (κ2) is 8.73. The molecule has 1 aromatic heterocycles. The first kappa shape index (κ1) is 20.1. The number of nitrogens with zero attached hydrogens (tertiary/aromatic N) is 3. The van der Waals surface area contributed by atoms with Gasteiger partial charge in [0.05, 0.1) is 30.4 Å². The van der Waals surface area contributed by atoms with Crippen LogP contribution < -0.4 is 10.1 Å². The minimum atomic E-state index is -0.253. The quantitative estimate of drug-likeness (QED) is 0.825. The molecular weight excluding hydrogens is 392 g/mol. The Hall–Kier alpha value is -2.83. The average molecular weight is 423 g/mol. The number of amides is 2. The summed E-state index contributed by atoms with van der Waals surface area (Å²) in [6.45, 7) is 1.97. The minimum absolute atomic E-state index is 0.0432. The third-order valence-electron chi connectivity index (χ3n) is 6.83. The summed E-state index contributed by atoms with van der Waals surface area (Å²) in [6.07, 6.45) is 8.56. The number of carbonyl (C=O) groups is 2. The molecule has 0 spiro atoms. The van der Waals surface area contributed by atoms with Crippen molar-refractivity contribution in [2.75, 3.05) is 19.7 Å². The number of nitrogens with one attached hydrogen (secondary N) is 1. The monoisotopic (exact) mass is 422 g/mol. The molecule has 3 heterocycles. The molecule has 1 aliphatic carbocycles. The number of fused-ring (bicyclic) bond motifs is 3. The molecule has 3 aliphatic rings. The Morgan fingerprint density at radius 3 is 3.00 bits per heavy atom. The summed E-state index contributed by atoms with van der Waals surface area (Å²) in [7, 11) is 0. The maximum Gasteiger partial charge on any atom is 0.239 e. The lowest BCUT2D eigenvalue weighted by Crippen LogP contribution is -2.42. The Kier molecular flexibility index (Phi) is 5.66. The molecule has 1 aromatic carbocycles. The number of hydrogen-bond donors (Lipinski definition) is 1. The first-order valence-electron chi connectivity index (χ1n) is 11.5. The van der Waals surface area contributed by atoms with Gasteiger partial charge in [-0.1, -0.05) is 31.4 Å². The molecule has 31 heavy (non-hydrogen) atoms. The lowest BCUT2D eigenvalue weighted by Gasteiger charge is -2.37. The van der Waals surface area contributed by atoms with Gasteiger partial charge in [0.25, 0.3) is 0 Å². The Labute approximate surface area is 182 Å². The zero-order valence-electron chi connectivity index (χ0n) is 17.9. The molecule has 1 unspecified atom stereocenters. The molecule has 2 aromatic rings. The summed E-state index contributed by atoms with van der Waals surface area (Å²) in [4.78, 5) is 32.5. The van der Waals surface area contributed by atoms with Crippen LogP contribution in [0, 0.1) is 5.92 Å². The summed E-state index contributed by atoms with van der Waals surface area (Å²) < 4.78 is 7.85. The highest BCUT2D eigenvalue weighted by atomic mass is 16.5. The SMILES string of the molecule is O=C1Cn2cnc3c2C(c2cccc(c2)OCCCN1)N(C(=O)CCC1CCC1)CC3. The molecule has 1 atom stereocenters. The van der Waals surface area contributed by atoms with Crippen molar-refractivity contribution in [2.45, 2.75) is 57.5 Å². The van der Waals surface area contributed by atoms with Crippen LogP contribution in [0.1, 0.15) is 61.5 Å². The van der Waals surface area contributed by atoms with Crippen LogP contribution >= 0.6 is 0 Å². The van der Waals surface area contributed by atoms with E-state index in [-0.39, 0.29) is 24.4 Å². The molecule has 1 saturated carbocycles. The van der Waals surface area contributed by atoms with Crippen molar-refractivity contribution < 1.29 is 14.3 Å². The minimum Gasteiger partial charge on any atom is -0.494 e. The summed E-state index contributed by atoms with van der Waals surface area (Å²) in [5, 5.41) is 2.96. The van der Waals surface area contributed by atoms with Crippen LogP contribution in [0.5, 0.6) is 5.75 Å². The van der Waals surface area contributed by atoms with Crippen LogP contribution in [0.15, 0.2) is 30.6 Å². The number of rotatable bonds is 3. The number of benzene rings is 1. The van der Waals surface area contributed by atoms with E-state index in [1.165, 1.54) is 19.3 Å². The average Bonchev–Trinajstić information content (AvgIpc) is 3.14. The van der Waals surface area contributed by atoms with Gasteiger partial charge >= 0.3 is 0 Å². The summed E-state index contributed by atoms with van der Waals surface area (Å²) in [5.41, 5.74) is 2.94. The van der Waals surface area contributed by atoms with Crippen molar-refractivity contribution in [1.29, 1.82) is 0 Å². The number of imidazole rings is 1. The highest BCUT2D eigenvalue weighted by Gasteiger charge is 2.36. The van der Waals surface area contributed by atoms with Gasteiger partial charge in [0, 0.05) is 25.9 Å². The van der Waals surface area contributed by atoms with E-state index in [2.05, 4.69) is 16.4 Å². The fraction of sp³-hybridized carbons (Fsp3) is 0.542. The van der Waals surface area contributed by atoms with Gasteiger partial charge in [-0.25, -0.2) is 4.98 Å². The summed E-state index contributed by atoms with van der Waals surface area (Å²) in [6, 6.07) is 7.77. The van der Waals surface area contributed by atoms with E-state index in [0.29, 0.717) is 38.5 Å². The molecule has 0 saturated heterocycles. The van der Waals surface area contributed by atoms with Gasteiger partial charge in [0.15, 0.2) is 0 Å². The van der Waals surface area contributed by atoms with Crippen LogP contribution in [-0.4, -0.2) is 46.0 Å². The van der Waals surface area contributed by atoms with E-state index in [1.807, 2.05) is 27.7 Å². The predicted octanol–water partition coefficient (Wildman–Crippen LogP) is 2.84. The van der Waals surface area contributed by atoms with Crippen LogP contribution in [0.25, 0.3) is 0 Å². The van der Waals surface area contributed by atoms with Crippen molar-refractivity contribution in [3.63, 3.8) is 0 Å². The largest absolute Gasteiger partial charge is 0.494 e. The van der Waals surface area contributed by atoms with Crippen molar-refractivity contribution in [1.82, 2.24) is 19.8 Å². The van der Waals surface area contributed by atoms with Gasteiger partial charge in [-0.05, 0) is 36.5 Å². The summed E-state index contributed by atoms with van der Waals surface area (Å²) >= 11 is 0. The van der Waals surface area contributed by atoms with Crippen LogP contribution in [0.4, 0.5) is 0 Å². The Balaban J connectivity index is 1.52. The van der Waals surface area contributed by atoms with Crippen LogP contribution in [0.3, 0.4) is 0 Å². The van der Waals surface area contributed by atoms with Crippen LogP contribution in [0.2, 0.25) is 0 Å². The first-order valence-corrected chi connectivity index (χ1v) is 11.5. The number of ether oxygens (including phenoxy) is 1. The van der Waals surface area contributed by atoms with Crippen molar-refractivity contribution in [3.05, 3.63) is 47.5 Å². The Morgan fingerprint density at radius 2 is 2.16 bits per heavy atom. The maximum atomic E-state index is 13.4. The lowest BCUT2D eigenvalue weighted by atomic mass is 9.82. The second-order valence-electron chi connectivity index (χ2n) is 8.90. The van der Waals surface area contributed by atoms with Gasteiger partial charge in [0.1, 0.15) is 12.3 Å². The zero-order chi connectivity index (χ0) is 21.2. The van der Waals surface area contributed by atoms with E-state index in [0.717, 1.165) is 35.5 Å². The number of aromatic nitrogens is 2. The van der Waals surface area contributed by atoms with Gasteiger partial charge in [-0.2, -0.15) is 0 Å².